The number of nitrogens with zero attached hydrogens (tertiary/aromatic N) is 5. The summed E-state index contributed by atoms with van der Waals surface area (Å²) in [5, 5.41) is 11.1. The molecule has 40 heavy (non-hydrogen) atoms. The second-order valence-electron chi connectivity index (χ2n) is 11.0. The van der Waals surface area contributed by atoms with Crippen LogP contribution in [0.5, 0.6) is 11.5 Å². The Hall–Kier alpha value is -4.31. The second kappa shape index (κ2) is 10.0. The van der Waals surface area contributed by atoms with Crippen LogP contribution in [0.15, 0.2) is 48.9 Å². The van der Waals surface area contributed by atoms with Crippen LogP contribution >= 0.6 is 0 Å². The maximum absolute atomic E-state index is 12.5. The number of carbonyl (C=O) groups excluding carboxylic acids is 2. The van der Waals surface area contributed by atoms with Crippen molar-refractivity contribution in [2.45, 2.75) is 51.7 Å². The highest BCUT2D eigenvalue weighted by atomic mass is 16.5. The molecule has 1 atom stereocenters. The standard InChI is InChI=1S/C30H32N6O4/c1-18(37)36-11-4-6-26(36)21-14-23-19(12-24(34-23)25-16-33-28(17-32-25)30(2,3)39)13-27(21)40-20-7-8-22(31-15-20)29(38)35-9-5-10-35/h7-8,12-17,26,34,39H,4-6,9-11H2,1-3H3/t26-/m1/s1. The second-order valence-corrected chi connectivity index (χ2v) is 11.0. The first-order valence-corrected chi connectivity index (χ1v) is 13.6. The largest absolute Gasteiger partial charge is 0.455 e. The number of nitrogens with one attached hydrogen (secondary N) is 1. The van der Waals surface area contributed by atoms with E-state index in [1.807, 2.05) is 23.1 Å². The Bertz CT molecular complexity index is 1570. The summed E-state index contributed by atoms with van der Waals surface area (Å²) in [6.45, 7) is 7.17. The maximum atomic E-state index is 12.5. The van der Waals surface area contributed by atoms with Crippen LogP contribution in [0.25, 0.3) is 22.3 Å². The summed E-state index contributed by atoms with van der Waals surface area (Å²) in [4.78, 5) is 45.3. The average molecular weight is 541 g/mol. The van der Waals surface area contributed by atoms with Gasteiger partial charge >= 0.3 is 0 Å². The zero-order valence-corrected chi connectivity index (χ0v) is 22.8. The summed E-state index contributed by atoms with van der Waals surface area (Å²) in [6, 6.07) is 9.30. The van der Waals surface area contributed by atoms with E-state index in [2.05, 4.69) is 19.9 Å². The van der Waals surface area contributed by atoms with Gasteiger partial charge in [0.05, 0.1) is 36.0 Å². The summed E-state index contributed by atoms with van der Waals surface area (Å²) in [6.07, 6.45) is 7.56. The van der Waals surface area contributed by atoms with Crippen molar-refractivity contribution < 1.29 is 19.4 Å². The normalized spacial score (nSPS) is 17.2. The van der Waals surface area contributed by atoms with E-state index in [1.54, 1.807) is 56.4 Å². The Kier molecular flexibility index (Phi) is 6.50. The molecule has 2 N–H and O–H groups in total. The van der Waals surface area contributed by atoms with E-state index < -0.39 is 5.60 Å². The summed E-state index contributed by atoms with van der Waals surface area (Å²) in [5.41, 5.74) is 3.01. The summed E-state index contributed by atoms with van der Waals surface area (Å²) in [5.74, 6) is 1.10. The van der Waals surface area contributed by atoms with Crippen LogP contribution in [0.3, 0.4) is 0 Å². The smallest absolute Gasteiger partial charge is 0.272 e. The Morgan fingerprint density at radius 1 is 1.02 bits per heavy atom. The van der Waals surface area contributed by atoms with Gasteiger partial charge in [0.15, 0.2) is 0 Å². The number of amides is 2. The maximum Gasteiger partial charge on any atom is 0.272 e. The molecule has 0 spiro atoms. The number of likely N-dealkylation sites (tertiary alicyclic amines) is 2. The van der Waals surface area contributed by atoms with Crippen LogP contribution in [-0.2, 0) is 10.4 Å². The number of H-pyrrole nitrogens is 1. The van der Waals surface area contributed by atoms with Gasteiger partial charge in [0, 0.05) is 43.0 Å². The molecule has 0 bridgehead atoms. The van der Waals surface area contributed by atoms with E-state index in [9.17, 15) is 14.7 Å². The first kappa shape index (κ1) is 25.9. The molecule has 0 unspecified atom stereocenters. The summed E-state index contributed by atoms with van der Waals surface area (Å²) >= 11 is 0. The van der Waals surface area contributed by atoms with Gasteiger partial charge in [-0.2, -0.15) is 0 Å². The number of aromatic amines is 1. The van der Waals surface area contributed by atoms with Crippen molar-refractivity contribution in [1.82, 2.24) is 29.7 Å². The molecule has 2 saturated heterocycles. The minimum absolute atomic E-state index is 0.0263. The van der Waals surface area contributed by atoms with Crippen molar-refractivity contribution in [2.75, 3.05) is 19.6 Å². The number of hydrogen-bond acceptors (Lipinski definition) is 7. The zero-order valence-electron chi connectivity index (χ0n) is 22.8. The molecular formula is C30H32N6O4. The number of pyridine rings is 1. The van der Waals surface area contributed by atoms with Gasteiger partial charge in [0.2, 0.25) is 5.91 Å². The Balaban J connectivity index is 1.36. The lowest BCUT2D eigenvalue weighted by molar-refractivity contribution is -0.129. The number of aromatic nitrogens is 4. The number of fused-ring (bicyclic) bond motifs is 1. The highest BCUT2D eigenvalue weighted by molar-refractivity contribution is 5.93. The van der Waals surface area contributed by atoms with Crippen LogP contribution in [-0.4, -0.2) is 66.3 Å². The molecule has 3 aromatic heterocycles. The quantitative estimate of drug-likeness (QED) is 0.367. The van der Waals surface area contributed by atoms with Crippen molar-refractivity contribution in [1.29, 1.82) is 0 Å². The molecule has 206 valence electrons. The third-order valence-corrected chi connectivity index (χ3v) is 7.65. The van der Waals surface area contributed by atoms with Gasteiger partial charge < -0.3 is 24.6 Å². The van der Waals surface area contributed by atoms with Gasteiger partial charge in [0.1, 0.15) is 28.5 Å². The molecule has 5 heterocycles. The third-order valence-electron chi connectivity index (χ3n) is 7.65. The van der Waals surface area contributed by atoms with Crippen LogP contribution in [0.2, 0.25) is 0 Å². The minimum Gasteiger partial charge on any atom is -0.455 e. The molecule has 2 amide bonds. The molecule has 2 aliphatic rings. The number of hydrogen-bond donors (Lipinski definition) is 2. The van der Waals surface area contributed by atoms with Crippen molar-refractivity contribution in [3.05, 3.63) is 65.9 Å². The van der Waals surface area contributed by atoms with E-state index in [1.165, 1.54) is 0 Å². The number of ether oxygens (including phenoxy) is 1. The lowest BCUT2D eigenvalue weighted by atomic mass is 10.0. The molecule has 0 saturated carbocycles. The fraction of sp³-hybridized carbons (Fsp3) is 0.367. The van der Waals surface area contributed by atoms with E-state index in [-0.39, 0.29) is 17.9 Å². The van der Waals surface area contributed by atoms with E-state index >= 15 is 0 Å². The van der Waals surface area contributed by atoms with Gasteiger partial charge in [-0.3, -0.25) is 19.6 Å². The molecule has 6 rings (SSSR count). The SMILES string of the molecule is CC(=O)N1CCC[C@@H]1c1cc2[nH]c(-c3cnc(C(C)(C)O)cn3)cc2cc1Oc1ccc(C(=O)N2CCC2)nc1. The summed E-state index contributed by atoms with van der Waals surface area (Å²) in [7, 11) is 0. The Morgan fingerprint density at radius 2 is 1.85 bits per heavy atom. The van der Waals surface area contributed by atoms with Gasteiger partial charge in [-0.15, -0.1) is 0 Å². The number of carbonyl (C=O) groups is 2. The lowest BCUT2D eigenvalue weighted by Crippen LogP contribution is -2.42. The van der Waals surface area contributed by atoms with Crippen molar-refractivity contribution in [3.63, 3.8) is 0 Å². The monoisotopic (exact) mass is 540 g/mol. The molecule has 4 aromatic rings. The molecule has 10 heteroatoms. The summed E-state index contributed by atoms with van der Waals surface area (Å²) < 4.78 is 6.37. The van der Waals surface area contributed by atoms with E-state index in [0.717, 1.165) is 54.5 Å². The lowest BCUT2D eigenvalue weighted by Gasteiger charge is -2.30. The molecule has 2 aliphatic heterocycles. The number of benzene rings is 1. The highest BCUT2D eigenvalue weighted by Gasteiger charge is 2.31. The van der Waals surface area contributed by atoms with Gasteiger partial charge in [-0.25, -0.2) is 4.98 Å². The molecule has 0 radical (unpaired) electrons. The molecule has 10 nitrogen and oxygen atoms in total. The predicted molar refractivity (Wildman–Crippen MR) is 149 cm³/mol. The molecular weight excluding hydrogens is 508 g/mol. The Labute approximate surface area is 232 Å². The van der Waals surface area contributed by atoms with Crippen molar-refractivity contribution in [3.8, 4) is 22.9 Å². The topological polar surface area (TPSA) is 125 Å². The van der Waals surface area contributed by atoms with Crippen molar-refractivity contribution >= 4 is 22.7 Å². The van der Waals surface area contributed by atoms with E-state index in [4.69, 9.17) is 4.74 Å². The first-order chi connectivity index (χ1) is 19.2. The zero-order chi connectivity index (χ0) is 28.0. The van der Waals surface area contributed by atoms with Crippen LogP contribution in [0, 0.1) is 0 Å². The third kappa shape index (κ3) is 4.90. The molecule has 1 aromatic carbocycles. The molecule has 0 aliphatic carbocycles. The van der Waals surface area contributed by atoms with Crippen LogP contribution in [0.4, 0.5) is 0 Å². The fourth-order valence-corrected chi connectivity index (χ4v) is 5.29. The number of rotatable bonds is 6. The molecule has 2 fully saturated rings. The van der Waals surface area contributed by atoms with E-state index in [0.29, 0.717) is 35.1 Å². The van der Waals surface area contributed by atoms with Gasteiger partial charge in [-0.05, 0) is 63.4 Å². The fourth-order valence-electron chi connectivity index (χ4n) is 5.29. The van der Waals surface area contributed by atoms with Gasteiger partial charge in [-0.1, -0.05) is 0 Å². The number of aliphatic hydroxyl groups is 1. The first-order valence-electron chi connectivity index (χ1n) is 13.6. The average Bonchev–Trinajstić information content (AvgIpc) is 3.54. The Morgan fingerprint density at radius 3 is 2.48 bits per heavy atom. The van der Waals surface area contributed by atoms with Crippen molar-refractivity contribution in [2.24, 2.45) is 0 Å². The highest BCUT2D eigenvalue weighted by Crippen LogP contribution is 2.41. The van der Waals surface area contributed by atoms with Crippen LogP contribution < -0.4 is 4.74 Å². The minimum atomic E-state index is -1.08. The predicted octanol–water partition coefficient (Wildman–Crippen LogP) is 4.57. The van der Waals surface area contributed by atoms with Gasteiger partial charge in [0.25, 0.3) is 5.91 Å². The van der Waals surface area contributed by atoms with Crippen LogP contribution in [0.1, 0.15) is 67.8 Å².